The van der Waals surface area contributed by atoms with E-state index in [4.69, 9.17) is 0 Å². The average Bonchev–Trinajstić information content (AvgIpc) is 2.15. The molecule has 0 radical (unpaired) electrons. The molecule has 0 saturated carbocycles. The third-order valence-electron chi connectivity index (χ3n) is 2.01. The van der Waals surface area contributed by atoms with Crippen molar-refractivity contribution in [3.05, 3.63) is 29.8 Å². The largest absolute Gasteiger partial charge is 0.573 e. The number of alkyl halides is 5. The summed E-state index contributed by atoms with van der Waals surface area (Å²) in [7, 11) is 1.30. The van der Waals surface area contributed by atoms with Gasteiger partial charge in [-0.25, -0.2) is 8.78 Å². The molecular weight excluding hydrogens is 245 g/mol. The molecule has 0 aromatic heterocycles. The van der Waals surface area contributed by atoms with Crippen LogP contribution in [0.2, 0.25) is 0 Å². The molecule has 0 spiro atoms. The Morgan fingerprint density at radius 2 is 1.88 bits per heavy atom. The normalized spacial score (nSPS) is 13.8. The van der Waals surface area contributed by atoms with Gasteiger partial charge in [0.25, 0.3) is 6.43 Å². The van der Waals surface area contributed by atoms with E-state index in [1.54, 1.807) is 0 Å². The molecule has 1 N–H and O–H groups in total. The Labute approximate surface area is 94.4 Å². The summed E-state index contributed by atoms with van der Waals surface area (Å²) in [6, 6.07) is 3.18. The molecule has 17 heavy (non-hydrogen) atoms. The molecule has 1 aromatic rings. The standard InChI is InChI=1S/C10H10F5NO/c1-16-8(9(11)12)6-3-2-4-7(5-6)17-10(13,14)15/h2-5,8-9,16H,1H3. The zero-order valence-corrected chi connectivity index (χ0v) is 8.76. The first-order chi connectivity index (χ1) is 7.83. The van der Waals surface area contributed by atoms with Gasteiger partial charge in [0.15, 0.2) is 0 Å². The topological polar surface area (TPSA) is 21.3 Å². The van der Waals surface area contributed by atoms with Crippen molar-refractivity contribution in [3.63, 3.8) is 0 Å². The number of nitrogens with one attached hydrogen (secondary N) is 1. The van der Waals surface area contributed by atoms with Crippen molar-refractivity contribution < 1.29 is 26.7 Å². The maximum Gasteiger partial charge on any atom is 0.573 e. The molecule has 0 amide bonds. The predicted molar refractivity (Wildman–Crippen MR) is 50.9 cm³/mol. The Bertz CT molecular complexity index is 366. The van der Waals surface area contributed by atoms with Crippen LogP contribution in [0.1, 0.15) is 11.6 Å². The number of halogens is 5. The number of rotatable bonds is 4. The molecule has 0 bridgehead atoms. The highest BCUT2D eigenvalue weighted by molar-refractivity contribution is 5.31. The van der Waals surface area contributed by atoms with Crippen molar-refractivity contribution in [2.45, 2.75) is 18.8 Å². The number of ether oxygens (including phenoxy) is 1. The van der Waals surface area contributed by atoms with Crippen molar-refractivity contribution >= 4 is 0 Å². The van der Waals surface area contributed by atoms with Crippen molar-refractivity contribution in [1.29, 1.82) is 0 Å². The summed E-state index contributed by atoms with van der Waals surface area (Å²) in [6.07, 6.45) is -7.56. The van der Waals surface area contributed by atoms with E-state index in [0.29, 0.717) is 0 Å². The molecule has 96 valence electrons. The predicted octanol–water partition coefficient (Wildman–Crippen LogP) is 3.11. The minimum Gasteiger partial charge on any atom is -0.406 e. The van der Waals surface area contributed by atoms with E-state index in [1.807, 2.05) is 0 Å². The van der Waals surface area contributed by atoms with Gasteiger partial charge in [0.2, 0.25) is 0 Å². The summed E-state index contributed by atoms with van der Waals surface area (Å²) in [5, 5.41) is 2.32. The fourth-order valence-corrected chi connectivity index (χ4v) is 1.34. The number of benzene rings is 1. The van der Waals surface area contributed by atoms with E-state index < -0.39 is 24.6 Å². The Morgan fingerprint density at radius 1 is 1.24 bits per heavy atom. The maximum absolute atomic E-state index is 12.5. The first kappa shape index (κ1) is 13.7. The molecule has 1 atom stereocenters. The lowest BCUT2D eigenvalue weighted by atomic mass is 10.1. The molecular formula is C10H10F5NO. The van der Waals surface area contributed by atoms with E-state index >= 15 is 0 Å². The fourth-order valence-electron chi connectivity index (χ4n) is 1.34. The van der Waals surface area contributed by atoms with Gasteiger partial charge in [0.05, 0.1) is 6.04 Å². The van der Waals surface area contributed by atoms with Crippen LogP contribution in [-0.2, 0) is 0 Å². The summed E-state index contributed by atoms with van der Waals surface area (Å²) in [4.78, 5) is 0. The Kier molecular flexibility index (Phi) is 4.28. The van der Waals surface area contributed by atoms with E-state index in [-0.39, 0.29) is 5.56 Å². The van der Waals surface area contributed by atoms with Crippen LogP contribution in [0.3, 0.4) is 0 Å². The van der Waals surface area contributed by atoms with Crippen molar-refractivity contribution in [2.75, 3.05) is 7.05 Å². The molecule has 0 saturated heterocycles. The lowest BCUT2D eigenvalue weighted by Gasteiger charge is -2.16. The molecule has 2 nitrogen and oxygen atoms in total. The molecule has 0 fully saturated rings. The van der Waals surface area contributed by atoms with E-state index in [0.717, 1.165) is 12.1 Å². The summed E-state index contributed by atoms with van der Waals surface area (Å²) in [5.41, 5.74) is 0.0317. The number of hydrogen-bond acceptors (Lipinski definition) is 2. The Morgan fingerprint density at radius 3 is 2.35 bits per heavy atom. The second-order valence-corrected chi connectivity index (χ2v) is 3.22. The molecule has 0 aliphatic rings. The summed E-state index contributed by atoms with van der Waals surface area (Å²) < 4.78 is 64.5. The minimum absolute atomic E-state index is 0.0317. The quantitative estimate of drug-likeness (QED) is 0.835. The molecule has 1 unspecified atom stereocenters. The molecule has 0 aliphatic carbocycles. The zero-order chi connectivity index (χ0) is 13.1. The van der Waals surface area contributed by atoms with E-state index in [1.165, 1.54) is 19.2 Å². The summed E-state index contributed by atoms with van der Waals surface area (Å²) in [6.45, 7) is 0. The van der Waals surface area contributed by atoms with Gasteiger partial charge >= 0.3 is 6.36 Å². The minimum atomic E-state index is -4.83. The molecule has 0 heterocycles. The van der Waals surface area contributed by atoms with Crippen LogP contribution >= 0.6 is 0 Å². The second kappa shape index (κ2) is 5.31. The second-order valence-electron chi connectivity index (χ2n) is 3.22. The van der Waals surface area contributed by atoms with Crippen LogP contribution in [0.5, 0.6) is 5.75 Å². The lowest BCUT2D eigenvalue weighted by molar-refractivity contribution is -0.274. The van der Waals surface area contributed by atoms with Crippen LogP contribution in [0.25, 0.3) is 0 Å². The fraction of sp³-hybridized carbons (Fsp3) is 0.400. The smallest absolute Gasteiger partial charge is 0.406 e. The first-order valence-corrected chi connectivity index (χ1v) is 4.64. The molecule has 0 aliphatic heterocycles. The van der Waals surface area contributed by atoms with E-state index in [2.05, 4.69) is 10.1 Å². The van der Waals surface area contributed by atoms with Crippen LogP contribution in [0, 0.1) is 0 Å². The molecule has 7 heteroatoms. The van der Waals surface area contributed by atoms with Gasteiger partial charge in [0, 0.05) is 0 Å². The molecule has 1 aromatic carbocycles. The summed E-state index contributed by atoms with van der Waals surface area (Å²) in [5.74, 6) is -0.518. The number of hydrogen-bond donors (Lipinski definition) is 1. The van der Waals surface area contributed by atoms with Gasteiger partial charge < -0.3 is 10.1 Å². The van der Waals surface area contributed by atoms with E-state index in [9.17, 15) is 22.0 Å². The van der Waals surface area contributed by atoms with Gasteiger partial charge in [-0.2, -0.15) is 0 Å². The van der Waals surface area contributed by atoms with Crippen molar-refractivity contribution in [1.82, 2.24) is 5.32 Å². The third kappa shape index (κ3) is 4.18. The molecule has 1 rings (SSSR count). The highest BCUT2D eigenvalue weighted by Gasteiger charge is 2.31. The highest BCUT2D eigenvalue weighted by atomic mass is 19.4. The van der Waals surface area contributed by atoms with Gasteiger partial charge in [-0.1, -0.05) is 12.1 Å². The van der Waals surface area contributed by atoms with Crippen molar-refractivity contribution in [2.24, 2.45) is 0 Å². The lowest BCUT2D eigenvalue weighted by Crippen LogP contribution is -2.24. The van der Waals surface area contributed by atoms with Crippen LogP contribution in [0.15, 0.2) is 24.3 Å². The maximum atomic E-state index is 12.5. The van der Waals surface area contributed by atoms with Crippen LogP contribution in [0.4, 0.5) is 22.0 Å². The van der Waals surface area contributed by atoms with Crippen LogP contribution < -0.4 is 10.1 Å². The monoisotopic (exact) mass is 255 g/mol. The SMILES string of the molecule is CNC(c1cccc(OC(F)(F)F)c1)C(F)F. The first-order valence-electron chi connectivity index (χ1n) is 4.64. The Hall–Kier alpha value is -1.37. The van der Waals surface area contributed by atoms with Gasteiger partial charge in [-0.3, -0.25) is 0 Å². The van der Waals surface area contributed by atoms with Gasteiger partial charge in [0.1, 0.15) is 5.75 Å². The third-order valence-corrected chi connectivity index (χ3v) is 2.01. The van der Waals surface area contributed by atoms with Crippen molar-refractivity contribution in [3.8, 4) is 5.75 Å². The highest BCUT2D eigenvalue weighted by Crippen LogP contribution is 2.27. The Balaban J connectivity index is 2.92. The zero-order valence-electron chi connectivity index (χ0n) is 8.76. The average molecular weight is 255 g/mol. The van der Waals surface area contributed by atoms with Gasteiger partial charge in [-0.15, -0.1) is 13.2 Å². The summed E-state index contributed by atoms with van der Waals surface area (Å²) >= 11 is 0. The van der Waals surface area contributed by atoms with Crippen LogP contribution in [-0.4, -0.2) is 19.8 Å². The van der Waals surface area contributed by atoms with Gasteiger partial charge in [-0.05, 0) is 24.7 Å².